The third-order valence-electron chi connectivity index (χ3n) is 11.4. The molecule has 0 unspecified atom stereocenters. The Kier molecular flexibility index (Phi) is 8.60. The summed E-state index contributed by atoms with van der Waals surface area (Å²) in [5.41, 5.74) is -0.370. The van der Waals surface area contributed by atoms with E-state index in [0.29, 0.717) is 54.3 Å². The quantitative estimate of drug-likeness (QED) is 0.177. The minimum Gasteiger partial charge on any atom is -0.468 e. The highest BCUT2D eigenvalue weighted by Gasteiger charge is 2.50. The molecule has 0 spiro atoms. The number of anilines is 1. The van der Waals surface area contributed by atoms with Gasteiger partial charge in [0.15, 0.2) is 24.1 Å². The molecule has 1 aromatic heterocycles. The van der Waals surface area contributed by atoms with Crippen LogP contribution in [0.2, 0.25) is 0 Å². The van der Waals surface area contributed by atoms with Gasteiger partial charge in [-0.15, -0.1) is 0 Å². The monoisotopic (exact) mass is 745 g/mol. The fourth-order valence-corrected chi connectivity index (χ4v) is 9.24. The molecule has 12 nitrogen and oxygen atoms in total. The third kappa shape index (κ3) is 5.98. The van der Waals surface area contributed by atoms with Crippen molar-refractivity contribution in [3.05, 3.63) is 42.2 Å². The van der Waals surface area contributed by atoms with Crippen LogP contribution in [0, 0.1) is 5.82 Å². The van der Waals surface area contributed by atoms with Crippen LogP contribution < -0.4 is 23.8 Å². The Bertz CT molecular complexity index is 2120. The summed E-state index contributed by atoms with van der Waals surface area (Å²) in [7, 11) is 1.54. The molecule has 4 saturated heterocycles. The minimum atomic E-state index is -0.933. The standard InChI is InChI=1S/C40H45F2N5O7/c1-39(2,3)54-38(48)47-25-10-11-26(47)19-45(18-25)36-31-33(43-37(44-36)50-20-40-12-7-13-46(40)17-24(41)16-40)32(42)30(34-35(31)53-22-52-34)29-15-27(51-21-49-4)14-23-8-5-6-9-28(23)29/h5-6,8-9,14-15,24-26H,7,10-13,16-22H2,1-4H3/t24-,25-,26+,40+/m1/s1. The van der Waals surface area contributed by atoms with Crippen LogP contribution in [0.3, 0.4) is 0 Å². The van der Waals surface area contributed by atoms with Gasteiger partial charge in [0.05, 0.1) is 28.6 Å². The Labute approximate surface area is 312 Å². The largest absolute Gasteiger partial charge is 0.468 e. The molecule has 6 heterocycles. The van der Waals surface area contributed by atoms with Crippen molar-refractivity contribution < 1.29 is 42.0 Å². The lowest BCUT2D eigenvalue weighted by Crippen LogP contribution is -2.57. The maximum Gasteiger partial charge on any atom is 0.410 e. The number of piperazine rings is 1. The average Bonchev–Trinajstić information content (AvgIpc) is 3.90. The Morgan fingerprint density at radius 3 is 2.59 bits per heavy atom. The molecule has 2 bridgehead atoms. The van der Waals surface area contributed by atoms with Crippen LogP contribution in [0.15, 0.2) is 36.4 Å². The zero-order valence-corrected chi connectivity index (χ0v) is 31.0. The second kappa shape index (κ2) is 13.3. The topological polar surface area (TPSA) is 108 Å². The predicted octanol–water partition coefficient (Wildman–Crippen LogP) is 6.84. The summed E-state index contributed by atoms with van der Waals surface area (Å²) >= 11 is 0. The first-order valence-electron chi connectivity index (χ1n) is 18.8. The van der Waals surface area contributed by atoms with Crippen molar-refractivity contribution in [1.29, 1.82) is 0 Å². The van der Waals surface area contributed by atoms with Crippen LogP contribution in [-0.4, -0.2) is 109 Å². The van der Waals surface area contributed by atoms with Gasteiger partial charge in [0.2, 0.25) is 6.79 Å². The van der Waals surface area contributed by atoms with Gasteiger partial charge in [0.1, 0.15) is 35.5 Å². The number of aromatic nitrogens is 2. The summed E-state index contributed by atoms with van der Waals surface area (Å²) in [6, 6.07) is 11.0. The maximum atomic E-state index is 17.7. The molecule has 0 N–H and O–H groups in total. The number of alkyl halides is 1. The smallest absolute Gasteiger partial charge is 0.410 e. The summed E-state index contributed by atoms with van der Waals surface area (Å²) < 4.78 is 67.9. The van der Waals surface area contributed by atoms with Gasteiger partial charge in [-0.2, -0.15) is 9.97 Å². The molecule has 1 amide bonds. The van der Waals surface area contributed by atoms with Crippen LogP contribution in [0.25, 0.3) is 32.8 Å². The SMILES string of the molecule is COCOc1cc(-c2c3c(c4c(N5C[C@H]6CC[C@@H](C5)N6C(=O)OC(C)(C)C)nc(OC[C@@]56CCCN5C[C@H](F)C6)nc4c2F)OCO3)c2ccccc2c1. The van der Waals surface area contributed by atoms with E-state index in [4.69, 9.17) is 38.4 Å². The van der Waals surface area contributed by atoms with Gasteiger partial charge in [0, 0.05) is 38.7 Å². The molecule has 286 valence electrons. The minimum absolute atomic E-state index is 0.00583. The van der Waals surface area contributed by atoms with Crippen LogP contribution in [-0.2, 0) is 9.47 Å². The van der Waals surface area contributed by atoms with E-state index in [0.717, 1.165) is 43.0 Å². The van der Waals surface area contributed by atoms with Crippen molar-refractivity contribution in [2.45, 2.75) is 82.3 Å². The molecule has 54 heavy (non-hydrogen) atoms. The molecule has 4 atom stereocenters. The van der Waals surface area contributed by atoms with E-state index in [9.17, 15) is 9.18 Å². The number of carbonyl (C=O) groups is 1. The predicted molar refractivity (Wildman–Crippen MR) is 197 cm³/mol. The van der Waals surface area contributed by atoms with Crippen LogP contribution in [0.5, 0.6) is 23.3 Å². The van der Waals surface area contributed by atoms with Gasteiger partial charge in [-0.3, -0.25) is 9.80 Å². The average molecular weight is 746 g/mol. The van der Waals surface area contributed by atoms with Gasteiger partial charge >= 0.3 is 12.1 Å². The van der Waals surface area contributed by atoms with Crippen molar-refractivity contribution in [1.82, 2.24) is 19.8 Å². The number of carbonyl (C=O) groups excluding carboxylic acids is 1. The highest BCUT2D eigenvalue weighted by atomic mass is 19.1. The first-order chi connectivity index (χ1) is 26.0. The number of benzene rings is 3. The van der Waals surface area contributed by atoms with E-state index >= 15 is 4.39 Å². The highest BCUT2D eigenvalue weighted by Crippen LogP contribution is 2.53. The van der Waals surface area contributed by atoms with Crippen molar-refractivity contribution in [2.75, 3.05) is 58.4 Å². The number of methoxy groups -OCH3 is 1. The molecule has 0 saturated carbocycles. The number of hydrogen-bond donors (Lipinski definition) is 0. The number of fused-ring (bicyclic) bond motifs is 7. The Balaban J connectivity index is 1.19. The van der Waals surface area contributed by atoms with E-state index in [2.05, 4.69) is 9.80 Å². The van der Waals surface area contributed by atoms with Crippen molar-refractivity contribution in [3.63, 3.8) is 0 Å². The van der Waals surface area contributed by atoms with Crippen LogP contribution in [0.4, 0.5) is 19.4 Å². The normalized spacial score (nSPS) is 24.8. The van der Waals surface area contributed by atoms with Crippen LogP contribution >= 0.6 is 0 Å². The molecule has 4 fully saturated rings. The summed E-state index contributed by atoms with van der Waals surface area (Å²) in [6.45, 7) is 7.69. The van der Waals surface area contributed by atoms with E-state index in [-0.39, 0.29) is 61.2 Å². The number of halogens is 2. The zero-order valence-electron chi connectivity index (χ0n) is 31.0. The first-order valence-corrected chi connectivity index (χ1v) is 18.8. The van der Waals surface area contributed by atoms with E-state index in [1.54, 1.807) is 6.07 Å². The Morgan fingerprint density at radius 2 is 1.81 bits per heavy atom. The zero-order chi connectivity index (χ0) is 37.4. The number of nitrogens with zero attached hydrogens (tertiary/aromatic N) is 5. The lowest BCUT2D eigenvalue weighted by Gasteiger charge is -2.42. The highest BCUT2D eigenvalue weighted by molar-refractivity contribution is 6.07. The molecular formula is C40H45F2N5O7. The van der Waals surface area contributed by atoms with Gasteiger partial charge in [-0.1, -0.05) is 24.3 Å². The summed E-state index contributed by atoms with van der Waals surface area (Å²) in [5.74, 6) is 0.863. The van der Waals surface area contributed by atoms with Crippen molar-refractivity contribution in [2.24, 2.45) is 0 Å². The summed E-state index contributed by atoms with van der Waals surface area (Å²) in [4.78, 5) is 29.2. The second-order valence-electron chi connectivity index (χ2n) is 16.1. The fraction of sp³-hybridized carbons (Fsp3) is 0.525. The van der Waals surface area contributed by atoms with Gasteiger partial charge < -0.3 is 33.3 Å². The molecule has 0 aliphatic carbocycles. The molecule has 4 aromatic rings. The fourth-order valence-electron chi connectivity index (χ4n) is 9.24. The molecule has 9 rings (SSSR count). The molecule has 3 aromatic carbocycles. The van der Waals surface area contributed by atoms with Gasteiger partial charge in [-0.05, 0) is 75.9 Å². The van der Waals surface area contributed by atoms with E-state index < -0.39 is 23.1 Å². The Hall–Kier alpha value is -4.69. The number of amides is 1. The molecule has 5 aliphatic rings. The number of rotatable bonds is 8. The molecule has 5 aliphatic heterocycles. The van der Waals surface area contributed by atoms with E-state index in [1.807, 2.05) is 56.0 Å². The lowest BCUT2D eigenvalue weighted by molar-refractivity contribution is 0.0122. The van der Waals surface area contributed by atoms with Crippen molar-refractivity contribution in [3.8, 4) is 34.4 Å². The summed E-state index contributed by atoms with van der Waals surface area (Å²) in [6.07, 6.45) is 2.43. The van der Waals surface area contributed by atoms with Crippen molar-refractivity contribution >= 4 is 33.6 Å². The second-order valence-corrected chi connectivity index (χ2v) is 16.1. The van der Waals surface area contributed by atoms with Gasteiger partial charge in [0.25, 0.3) is 0 Å². The summed E-state index contributed by atoms with van der Waals surface area (Å²) in [5, 5.41) is 1.98. The van der Waals surface area contributed by atoms with Crippen LogP contribution in [0.1, 0.15) is 52.9 Å². The lowest BCUT2D eigenvalue weighted by atomic mass is 9.94. The van der Waals surface area contributed by atoms with E-state index in [1.165, 1.54) is 7.11 Å². The number of hydrogen-bond acceptors (Lipinski definition) is 11. The molecular weight excluding hydrogens is 700 g/mol. The third-order valence-corrected chi connectivity index (χ3v) is 11.4. The molecule has 0 radical (unpaired) electrons. The number of ether oxygens (including phenoxy) is 6. The molecule has 14 heteroatoms. The maximum absolute atomic E-state index is 17.7. The Morgan fingerprint density at radius 1 is 1.04 bits per heavy atom. The first kappa shape index (κ1) is 35.0. The van der Waals surface area contributed by atoms with Gasteiger partial charge in [-0.25, -0.2) is 13.6 Å².